The van der Waals surface area contributed by atoms with Crippen LogP contribution in [0.3, 0.4) is 0 Å². The molecule has 2 aliphatic heterocycles. The highest BCUT2D eigenvalue weighted by atomic mass is 16.2. The molecule has 45 heavy (non-hydrogen) atoms. The Morgan fingerprint density at radius 2 is 1.78 bits per heavy atom. The van der Waals surface area contributed by atoms with Crippen LogP contribution in [0.5, 0.6) is 0 Å². The van der Waals surface area contributed by atoms with Crippen molar-refractivity contribution >= 4 is 40.2 Å². The Kier molecular flexibility index (Phi) is 8.42. The van der Waals surface area contributed by atoms with Gasteiger partial charge in [-0.1, -0.05) is 39.0 Å². The summed E-state index contributed by atoms with van der Waals surface area (Å²) >= 11 is 0. The van der Waals surface area contributed by atoms with E-state index in [9.17, 15) is 9.59 Å². The first kappa shape index (κ1) is 30.5. The van der Waals surface area contributed by atoms with Crippen LogP contribution in [0.1, 0.15) is 61.1 Å². The number of likely N-dealkylation sites (N-methyl/N-ethyl adjacent to an activating group) is 2. The lowest BCUT2D eigenvalue weighted by atomic mass is 9.86. The van der Waals surface area contributed by atoms with E-state index in [0.717, 1.165) is 60.6 Å². The Bertz CT molecular complexity index is 1680. The molecule has 0 spiro atoms. The third-order valence-electron chi connectivity index (χ3n) is 8.85. The topological polar surface area (TPSA) is 107 Å². The molecule has 2 fully saturated rings. The lowest BCUT2D eigenvalue weighted by Crippen LogP contribution is -2.49. The number of hydrogen-bond donors (Lipinski definition) is 2. The highest BCUT2D eigenvalue weighted by Crippen LogP contribution is 2.31. The van der Waals surface area contributed by atoms with Crippen molar-refractivity contribution < 1.29 is 9.59 Å². The van der Waals surface area contributed by atoms with Gasteiger partial charge < -0.3 is 20.4 Å². The van der Waals surface area contributed by atoms with Crippen LogP contribution in [0, 0.1) is 0 Å². The van der Waals surface area contributed by atoms with Gasteiger partial charge in [-0.05, 0) is 66.8 Å². The van der Waals surface area contributed by atoms with E-state index in [2.05, 4.69) is 51.2 Å². The first-order chi connectivity index (χ1) is 21.6. The zero-order chi connectivity index (χ0) is 31.7. The second-order valence-corrected chi connectivity index (χ2v) is 13.2. The second kappa shape index (κ2) is 12.4. The first-order valence-corrected chi connectivity index (χ1v) is 15.7. The molecule has 234 valence electrons. The summed E-state index contributed by atoms with van der Waals surface area (Å²) in [7, 11) is 3.81. The molecule has 5 heterocycles. The van der Waals surface area contributed by atoms with Crippen molar-refractivity contribution in [3.8, 4) is 0 Å². The van der Waals surface area contributed by atoms with E-state index in [1.807, 2.05) is 68.7 Å². The number of pyridine rings is 3. The van der Waals surface area contributed by atoms with Crippen molar-refractivity contribution in [1.29, 1.82) is 0 Å². The SMILES string of the molecule is CN1CCN(C)C(c2ccc(Nc3cc(N4CCCC(NC(=O)c5ccc(C(C)(C)C)cc5)C4)nc4cccnc34)nc2)C1=O. The minimum Gasteiger partial charge on any atom is -0.354 e. The van der Waals surface area contributed by atoms with Crippen molar-refractivity contribution in [3.63, 3.8) is 0 Å². The van der Waals surface area contributed by atoms with Gasteiger partial charge >= 0.3 is 0 Å². The normalized spacial score (nSPS) is 19.5. The van der Waals surface area contributed by atoms with Crippen LogP contribution in [0.25, 0.3) is 11.0 Å². The van der Waals surface area contributed by atoms with E-state index in [4.69, 9.17) is 4.98 Å². The quantitative estimate of drug-likeness (QED) is 0.319. The average Bonchev–Trinajstić information content (AvgIpc) is 3.03. The third kappa shape index (κ3) is 6.61. The van der Waals surface area contributed by atoms with Gasteiger partial charge in [-0.15, -0.1) is 0 Å². The number of fused-ring (bicyclic) bond motifs is 1. The number of piperazine rings is 1. The van der Waals surface area contributed by atoms with E-state index >= 15 is 0 Å². The molecule has 3 aromatic heterocycles. The number of carbonyl (C=O) groups excluding carboxylic acids is 2. The van der Waals surface area contributed by atoms with Crippen molar-refractivity contribution in [2.75, 3.05) is 50.5 Å². The van der Waals surface area contributed by atoms with Gasteiger partial charge in [-0.2, -0.15) is 0 Å². The fourth-order valence-corrected chi connectivity index (χ4v) is 6.12. The number of piperidine rings is 1. The highest BCUT2D eigenvalue weighted by Gasteiger charge is 2.32. The summed E-state index contributed by atoms with van der Waals surface area (Å²) in [5.41, 5.74) is 5.10. The molecule has 10 heteroatoms. The molecule has 0 bridgehead atoms. The molecule has 2 N–H and O–H groups in total. The lowest BCUT2D eigenvalue weighted by Gasteiger charge is -2.36. The van der Waals surface area contributed by atoms with Gasteiger partial charge in [0, 0.05) is 63.3 Å². The van der Waals surface area contributed by atoms with Gasteiger partial charge in [0.15, 0.2) is 0 Å². The Balaban J connectivity index is 1.19. The molecule has 2 aliphatic rings. The van der Waals surface area contributed by atoms with E-state index < -0.39 is 0 Å². The number of rotatable bonds is 6. The molecule has 2 amide bonds. The zero-order valence-corrected chi connectivity index (χ0v) is 26.7. The summed E-state index contributed by atoms with van der Waals surface area (Å²) in [4.78, 5) is 46.3. The summed E-state index contributed by atoms with van der Waals surface area (Å²) in [6, 6.07) is 17.3. The largest absolute Gasteiger partial charge is 0.354 e. The van der Waals surface area contributed by atoms with Crippen molar-refractivity contribution in [2.24, 2.45) is 0 Å². The predicted octanol–water partition coefficient (Wildman–Crippen LogP) is 4.91. The van der Waals surface area contributed by atoms with Crippen molar-refractivity contribution in [3.05, 3.63) is 83.7 Å². The standard InChI is InChI=1S/C35H42N8O2/c1-35(2,3)25-13-10-23(11-14-25)33(44)38-26-8-7-17-43(22-26)30-20-28(31-27(40-30)9-6-16-36-31)39-29-15-12-24(21-37-29)32-34(45)42(5)19-18-41(32)4/h6,9-16,20-21,26,32H,7-8,17-19,22H2,1-5H3,(H,38,44)(H,37,39,40). The summed E-state index contributed by atoms with van der Waals surface area (Å²) in [5.74, 6) is 1.50. The molecule has 2 unspecified atom stereocenters. The molecule has 0 aliphatic carbocycles. The molecule has 4 aromatic rings. The maximum absolute atomic E-state index is 13.1. The maximum atomic E-state index is 13.1. The Labute approximate surface area is 264 Å². The zero-order valence-electron chi connectivity index (χ0n) is 26.7. The number of amides is 2. The number of anilines is 3. The van der Waals surface area contributed by atoms with Crippen LogP contribution in [0.2, 0.25) is 0 Å². The van der Waals surface area contributed by atoms with Gasteiger partial charge in [-0.25, -0.2) is 9.97 Å². The molecular formula is C35H42N8O2. The van der Waals surface area contributed by atoms with Crippen LogP contribution in [-0.2, 0) is 10.2 Å². The molecule has 2 saturated heterocycles. The number of aromatic nitrogens is 3. The molecule has 0 radical (unpaired) electrons. The van der Waals surface area contributed by atoms with Gasteiger partial charge in [-0.3, -0.25) is 19.5 Å². The third-order valence-corrected chi connectivity index (χ3v) is 8.85. The van der Waals surface area contributed by atoms with Crippen LogP contribution in [0.15, 0.2) is 67.0 Å². The molecule has 10 nitrogen and oxygen atoms in total. The molecule has 2 atom stereocenters. The van der Waals surface area contributed by atoms with Crippen molar-refractivity contribution in [2.45, 2.75) is 51.1 Å². The van der Waals surface area contributed by atoms with Gasteiger partial charge in [0.2, 0.25) is 5.91 Å². The molecular weight excluding hydrogens is 564 g/mol. The van der Waals surface area contributed by atoms with Crippen LogP contribution in [-0.4, -0.2) is 82.9 Å². The van der Waals surface area contributed by atoms with Crippen LogP contribution >= 0.6 is 0 Å². The first-order valence-electron chi connectivity index (χ1n) is 15.7. The van der Waals surface area contributed by atoms with E-state index in [1.165, 1.54) is 5.56 Å². The second-order valence-electron chi connectivity index (χ2n) is 13.2. The monoisotopic (exact) mass is 606 g/mol. The van der Waals surface area contributed by atoms with E-state index in [0.29, 0.717) is 17.9 Å². The minimum atomic E-state index is -0.337. The number of hydrogen-bond acceptors (Lipinski definition) is 8. The lowest BCUT2D eigenvalue weighted by molar-refractivity contribution is -0.139. The Hall–Kier alpha value is -4.57. The van der Waals surface area contributed by atoms with Crippen molar-refractivity contribution in [1.82, 2.24) is 30.1 Å². The Morgan fingerprint density at radius 3 is 2.51 bits per heavy atom. The van der Waals surface area contributed by atoms with E-state index in [-0.39, 0.29) is 29.3 Å². The summed E-state index contributed by atoms with van der Waals surface area (Å²) in [5, 5.41) is 6.70. The summed E-state index contributed by atoms with van der Waals surface area (Å²) in [6.07, 6.45) is 5.38. The number of carbonyl (C=O) groups is 2. The fraction of sp³-hybridized carbons (Fsp3) is 0.400. The summed E-state index contributed by atoms with van der Waals surface area (Å²) in [6.45, 7) is 9.55. The molecule has 1 aromatic carbocycles. The minimum absolute atomic E-state index is 0.00484. The maximum Gasteiger partial charge on any atom is 0.251 e. The highest BCUT2D eigenvalue weighted by molar-refractivity contribution is 5.94. The molecule has 6 rings (SSSR count). The van der Waals surface area contributed by atoms with Gasteiger partial charge in [0.25, 0.3) is 5.91 Å². The average molecular weight is 607 g/mol. The molecule has 0 saturated carbocycles. The van der Waals surface area contributed by atoms with Gasteiger partial charge in [0.1, 0.15) is 23.2 Å². The number of nitrogens with zero attached hydrogens (tertiary/aromatic N) is 6. The predicted molar refractivity (Wildman–Crippen MR) is 178 cm³/mol. The van der Waals surface area contributed by atoms with Crippen LogP contribution < -0.4 is 15.5 Å². The number of nitrogens with one attached hydrogen (secondary N) is 2. The van der Waals surface area contributed by atoms with Crippen LogP contribution in [0.4, 0.5) is 17.3 Å². The fourth-order valence-electron chi connectivity index (χ4n) is 6.12. The van der Waals surface area contributed by atoms with Gasteiger partial charge in [0.05, 0.1) is 11.2 Å². The number of benzene rings is 1. The summed E-state index contributed by atoms with van der Waals surface area (Å²) < 4.78 is 0. The smallest absolute Gasteiger partial charge is 0.251 e. The Morgan fingerprint density at radius 1 is 0.978 bits per heavy atom. The van der Waals surface area contributed by atoms with E-state index in [1.54, 1.807) is 17.3 Å².